The first kappa shape index (κ1) is 14.4. The Kier molecular flexibility index (Phi) is 4.00. The van der Waals surface area contributed by atoms with Gasteiger partial charge in [0.05, 0.1) is 11.4 Å². The second-order valence-corrected chi connectivity index (χ2v) is 5.15. The minimum Gasteiger partial charge on any atom is -0.508 e. The summed E-state index contributed by atoms with van der Waals surface area (Å²) in [5, 5.41) is 21.0. The zero-order valence-electron chi connectivity index (χ0n) is 11.0. The highest BCUT2D eigenvalue weighted by atomic mass is 32.2. The minimum absolute atomic E-state index is 0.130. The third-order valence-corrected chi connectivity index (χ3v) is 3.74. The molecule has 0 aliphatic heterocycles. The van der Waals surface area contributed by atoms with Gasteiger partial charge in [-0.2, -0.15) is 13.5 Å². The Labute approximate surface area is 127 Å². The van der Waals surface area contributed by atoms with Crippen LogP contribution in [0.15, 0.2) is 41.8 Å². The molecule has 0 radical (unpaired) electrons. The van der Waals surface area contributed by atoms with Gasteiger partial charge >= 0.3 is 6.55 Å². The lowest BCUT2D eigenvalue weighted by Crippen LogP contribution is -2.03. The Bertz CT molecular complexity index is 757. The molecule has 114 valence electrons. The van der Waals surface area contributed by atoms with Crippen LogP contribution in [0.4, 0.5) is 8.78 Å². The summed E-state index contributed by atoms with van der Waals surface area (Å²) in [6.07, 6.45) is 2.55. The first-order valence-electron chi connectivity index (χ1n) is 6.15. The van der Waals surface area contributed by atoms with E-state index in [1.807, 2.05) is 0 Å². The predicted octanol–water partition coefficient (Wildman–Crippen LogP) is 2.25. The molecule has 0 saturated heterocycles. The van der Waals surface area contributed by atoms with Crippen LogP contribution >= 0.6 is 11.8 Å². The first-order chi connectivity index (χ1) is 10.6. The Morgan fingerprint density at radius 1 is 1.23 bits per heavy atom. The van der Waals surface area contributed by atoms with Crippen molar-refractivity contribution in [2.45, 2.75) is 17.5 Å². The number of phenols is 1. The number of imidazole rings is 1. The first-order valence-corrected chi connectivity index (χ1v) is 7.14. The normalized spacial score (nSPS) is 11.2. The number of halogens is 2. The standard InChI is InChI=1S/C12H10F2N6OS/c13-11(14)19-6-5-15-10(19)7-22-12-16-17-18-20(12)8-1-3-9(21)4-2-8/h1-6,11,21H,7H2. The van der Waals surface area contributed by atoms with Gasteiger partial charge in [0.2, 0.25) is 5.16 Å². The van der Waals surface area contributed by atoms with Crippen LogP contribution in [0.3, 0.4) is 0 Å². The number of hydrogen-bond acceptors (Lipinski definition) is 6. The molecule has 3 aromatic rings. The molecule has 0 spiro atoms. The van der Waals surface area contributed by atoms with E-state index in [1.54, 1.807) is 12.1 Å². The van der Waals surface area contributed by atoms with Gasteiger partial charge in [-0.05, 0) is 34.7 Å². The number of hydrogen-bond donors (Lipinski definition) is 1. The van der Waals surface area contributed by atoms with Gasteiger partial charge in [-0.25, -0.2) is 4.98 Å². The second kappa shape index (κ2) is 6.10. The fraction of sp³-hybridized carbons (Fsp3) is 0.167. The maximum Gasteiger partial charge on any atom is 0.319 e. The molecule has 0 atom stereocenters. The van der Waals surface area contributed by atoms with Crippen molar-refractivity contribution < 1.29 is 13.9 Å². The van der Waals surface area contributed by atoms with E-state index in [0.717, 1.165) is 4.57 Å². The van der Waals surface area contributed by atoms with E-state index in [-0.39, 0.29) is 17.3 Å². The summed E-state index contributed by atoms with van der Waals surface area (Å²) in [6.45, 7) is -2.63. The van der Waals surface area contributed by atoms with Gasteiger partial charge in [0.1, 0.15) is 11.6 Å². The lowest BCUT2D eigenvalue weighted by Gasteiger charge is -2.06. The van der Waals surface area contributed by atoms with Gasteiger partial charge in [-0.1, -0.05) is 11.8 Å². The number of aromatic nitrogens is 6. The third-order valence-electron chi connectivity index (χ3n) is 2.82. The maximum absolute atomic E-state index is 12.8. The molecule has 1 N–H and O–H groups in total. The summed E-state index contributed by atoms with van der Waals surface area (Å²) in [6, 6.07) is 6.32. The van der Waals surface area contributed by atoms with Gasteiger partial charge in [0.25, 0.3) is 0 Å². The smallest absolute Gasteiger partial charge is 0.319 e. The van der Waals surface area contributed by atoms with Crippen LogP contribution in [-0.4, -0.2) is 34.9 Å². The van der Waals surface area contributed by atoms with Crippen LogP contribution in [-0.2, 0) is 5.75 Å². The quantitative estimate of drug-likeness (QED) is 0.725. The van der Waals surface area contributed by atoms with Crippen molar-refractivity contribution in [3.63, 3.8) is 0 Å². The molecule has 10 heteroatoms. The minimum atomic E-state index is -2.63. The molecule has 0 unspecified atom stereocenters. The average Bonchev–Trinajstić information content (AvgIpc) is 3.14. The zero-order valence-corrected chi connectivity index (χ0v) is 11.9. The number of tetrazole rings is 1. The molecule has 2 aromatic heterocycles. The summed E-state index contributed by atoms with van der Waals surface area (Å²) in [5.74, 6) is 0.570. The Balaban J connectivity index is 1.78. The van der Waals surface area contributed by atoms with Crippen LogP contribution in [0.5, 0.6) is 5.75 Å². The maximum atomic E-state index is 12.8. The van der Waals surface area contributed by atoms with Crippen LogP contribution in [0, 0.1) is 0 Å². The van der Waals surface area contributed by atoms with Crippen LogP contribution in [0.25, 0.3) is 5.69 Å². The fourth-order valence-electron chi connectivity index (χ4n) is 1.79. The number of nitrogens with zero attached hydrogens (tertiary/aromatic N) is 6. The molecule has 3 rings (SSSR count). The van der Waals surface area contributed by atoms with E-state index in [9.17, 15) is 13.9 Å². The van der Waals surface area contributed by atoms with E-state index >= 15 is 0 Å². The lowest BCUT2D eigenvalue weighted by atomic mass is 10.3. The number of benzene rings is 1. The molecular formula is C12H10F2N6OS. The number of alkyl halides is 2. The van der Waals surface area contributed by atoms with Crippen molar-refractivity contribution in [3.05, 3.63) is 42.5 Å². The SMILES string of the molecule is Oc1ccc(-n2nnnc2SCc2nccn2C(F)F)cc1. The van der Waals surface area contributed by atoms with E-state index in [4.69, 9.17) is 0 Å². The van der Waals surface area contributed by atoms with Crippen molar-refractivity contribution in [3.8, 4) is 11.4 Å². The van der Waals surface area contributed by atoms with Gasteiger partial charge < -0.3 is 5.11 Å². The topological polar surface area (TPSA) is 81.7 Å². The Hall–Kier alpha value is -2.49. The van der Waals surface area contributed by atoms with Gasteiger partial charge in [-0.15, -0.1) is 5.10 Å². The van der Waals surface area contributed by atoms with Crippen molar-refractivity contribution >= 4 is 11.8 Å². The zero-order chi connectivity index (χ0) is 15.5. The molecule has 7 nitrogen and oxygen atoms in total. The van der Waals surface area contributed by atoms with Crippen LogP contribution in [0.1, 0.15) is 12.4 Å². The molecule has 0 amide bonds. The van der Waals surface area contributed by atoms with E-state index < -0.39 is 6.55 Å². The monoisotopic (exact) mass is 324 g/mol. The van der Waals surface area contributed by atoms with Gasteiger partial charge in [0.15, 0.2) is 0 Å². The molecule has 0 bridgehead atoms. The molecule has 0 fully saturated rings. The average molecular weight is 324 g/mol. The number of aromatic hydroxyl groups is 1. The molecule has 1 aromatic carbocycles. The van der Waals surface area contributed by atoms with Gasteiger partial charge in [0, 0.05) is 12.4 Å². The lowest BCUT2D eigenvalue weighted by molar-refractivity contribution is 0.0678. The largest absolute Gasteiger partial charge is 0.508 e. The van der Waals surface area contributed by atoms with Crippen molar-refractivity contribution in [1.29, 1.82) is 0 Å². The summed E-state index contributed by atoms with van der Waals surface area (Å²) in [7, 11) is 0. The third kappa shape index (κ3) is 2.91. The van der Waals surface area contributed by atoms with E-state index in [1.165, 1.54) is 41.0 Å². The summed E-state index contributed by atoms with van der Waals surface area (Å²) in [5.41, 5.74) is 0.655. The summed E-state index contributed by atoms with van der Waals surface area (Å²) < 4.78 is 27.8. The van der Waals surface area contributed by atoms with Crippen LogP contribution in [0.2, 0.25) is 0 Å². The van der Waals surface area contributed by atoms with Crippen LogP contribution < -0.4 is 0 Å². The van der Waals surface area contributed by atoms with E-state index in [0.29, 0.717) is 10.8 Å². The number of rotatable bonds is 5. The second-order valence-electron chi connectivity index (χ2n) is 4.21. The highest BCUT2D eigenvalue weighted by Gasteiger charge is 2.14. The van der Waals surface area contributed by atoms with E-state index in [2.05, 4.69) is 20.5 Å². The van der Waals surface area contributed by atoms with Gasteiger partial charge in [-0.3, -0.25) is 4.57 Å². The number of phenolic OH excluding ortho intramolecular Hbond substituents is 1. The highest BCUT2D eigenvalue weighted by Crippen LogP contribution is 2.24. The van der Waals surface area contributed by atoms with Crippen molar-refractivity contribution in [2.24, 2.45) is 0 Å². The molecule has 2 heterocycles. The van der Waals surface area contributed by atoms with Crippen molar-refractivity contribution in [2.75, 3.05) is 0 Å². The fourth-order valence-corrected chi connectivity index (χ4v) is 2.63. The molecule has 0 saturated carbocycles. The Morgan fingerprint density at radius 2 is 2.00 bits per heavy atom. The highest BCUT2D eigenvalue weighted by molar-refractivity contribution is 7.98. The Morgan fingerprint density at radius 3 is 2.73 bits per heavy atom. The predicted molar refractivity (Wildman–Crippen MR) is 73.9 cm³/mol. The number of thioether (sulfide) groups is 1. The molecular weight excluding hydrogens is 314 g/mol. The molecule has 22 heavy (non-hydrogen) atoms. The van der Waals surface area contributed by atoms with Crippen molar-refractivity contribution in [1.82, 2.24) is 29.8 Å². The molecule has 0 aliphatic rings. The summed E-state index contributed by atoms with van der Waals surface area (Å²) in [4.78, 5) is 3.90. The molecule has 0 aliphatic carbocycles. The summed E-state index contributed by atoms with van der Waals surface area (Å²) >= 11 is 1.19.